The summed E-state index contributed by atoms with van der Waals surface area (Å²) in [5.74, 6) is 0. The molecule has 1 saturated heterocycles. The van der Waals surface area contributed by atoms with Gasteiger partial charge in [0.2, 0.25) is 0 Å². The largest absolute Gasteiger partial charge is 0.314 e. The Labute approximate surface area is 118 Å². The zero-order valence-electron chi connectivity index (χ0n) is 13.1. The summed E-state index contributed by atoms with van der Waals surface area (Å²) in [7, 11) is 4.41. The highest BCUT2D eigenvalue weighted by Gasteiger charge is 2.23. The molecular weight excluding hydrogens is 232 g/mol. The average Bonchev–Trinajstić information content (AvgIpc) is 2.84. The van der Waals surface area contributed by atoms with Crippen molar-refractivity contribution in [1.29, 1.82) is 0 Å². The minimum atomic E-state index is 0.523. The molecule has 106 valence electrons. The highest BCUT2D eigenvalue weighted by molar-refractivity contribution is 5.38. The van der Waals surface area contributed by atoms with Gasteiger partial charge in [-0.05, 0) is 82.9 Å². The van der Waals surface area contributed by atoms with Crippen molar-refractivity contribution in [3.63, 3.8) is 0 Å². The van der Waals surface area contributed by atoms with Crippen LogP contribution in [0.25, 0.3) is 0 Å². The molecule has 2 atom stereocenters. The summed E-state index contributed by atoms with van der Waals surface area (Å²) in [4.78, 5) is 2.37. The average molecular weight is 260 g/mol. The molecule has 2 nitrogen and oxygen atoms in total. The van der Waals surface area contributed by atoms with Crippen molar-refractivity contribution in [2.45, 2.75) is 52.1 Å². The maximum absolute atomic E-state index is 3.63. The van der Waals surface area contributed by atoms with E-state index in [1.165, 1.54) is 48.1 Å². The predicted molar refractivity (Wildman–Crippen MR) is 82.7 cm³/mol. The smallest absolute Gasteiger partial charge is 0.0359 e. The van der Waals surface area contributed by atoms with Crippen LogP contribution in [-0.4, -0.2) is 31.6 Å². The monoisotopic (exact) mass is 260 g/mol. The molecule has 1 N–H and O–H groups in total. The third-order valence-corrected chi connectivity index (χ3v) is 4.53. The molecule has 1 aromatic rings. The first-order valence-corrected chi connectivity index (χ1v) is 7.46. The molecule has 2 heteroatoms. The Bertz CT molecular complexity index is 431. The van der Waals surface area contributed by atoms with Crippen LogP contribution in [0, 0.1) is 20.8 Å². The van der Waals surface area contributed by atoms with Crippen LogP contribution in [0.4, 0.5) is 0 Å². The van der Waals surface area contributed by atoms with E-state index in [1.807, 2.05) is 0 Å². The molecule has 0 spiro atoms. The molecule has 1 aliphatic heterocycles. The zero-order chi connectivity index (χ0) is 14.0. The van der Waals surface area contributed by atoms with Crippen LogP contribution in [0.1, 0.15) is 47.6 Å². The van der Waals surface area contributed by atoms with Gasteiger partial charge in [0.25, 0.3) is 0 Å². The van der Waals surface area contributed by atoms with Gasteiger partial charge in [-0.25, -0.2) is 0 Å². The van der Waals surface area contributed by atoms with E-state index in [0.717, 1.165) is 0 Å². The second-order valence-electron chi connectivity index (χ2n) is 6.30. The fraction of sp³-hybridized carbons (Fsp3) is 0.647. The molecule has 2 unspecified atom stereocenters. The van der Waals surface area contributed by atoms with E-state index in [4.69, 9.17) is 0 Å². The summed E-state index contributed by atoms with van der Waals surface area (Å²) in [5, 5.41) is 3.63. The molecule has 2 rings (SSSR count). The lowest BCUT2D eigenvalue weighted by atomic mass is 9.91. The zero-order valence-corrected chi connectivity index (χ0v) is 13.1. The van der Waals surface area contributed by atoms with E-state index in [1.54, 1.807) is 0 Å². The summed E-state index contributed by atoms with van der Waals surface area (Å²) in [6.45, 7) is 7.87. The van der Waals surface area contributed by atoms with Crippen LogP contribution in [-0.2, 0) is 0 Å². The minimum absolute atomic E-state index is 0.523. The number of nitrogens with one attached hydrogen (secondary N) is 1. The molecule has 1 heterocycles. The fourth-order valence-electron chi connectivity index (χ4n) is 3.19. The van der Waals surface area contributed by atoms with Gasteiger partial charge in [-0.2, -0.15) is 0 Å². The van der Waals surface area contributed by atoms with Crippen LogP contribution in [0.15, 0.2) is 12.1 Å². The van der Waals surface area contributed by atoms with E-state index < -0.39 is 0 Å². The number of rotatable bonds is 4. The van der Waals surface area contributed by atoms with E-state index >= 15 is 0 Å². The normalized spacial score (nSPS) is 21.1. The topological polar surface area (TPSA) is 15.3 Å². The number of aryl methyl sites for hydroxylation is 3. The lowest BCUT2D eigenvalue weighted by Gasteiger charge is -2.29. The Morgan fingerprint density at radius 3 is 2.42 bits per heavy atom. The highest BCUT2D eigenvalue weighted by atomic mass is 15.1. The summed E-state index contributed by atoms with van der Waals surface area (Å²) >= 11 is 0. The summed E-state index contributed by atoms with van der Waals surface area (Å²) in [6.07, 6.45) is 3.88. The van der Waals surface area contributed by atoms with Gasteiger partial charge >= 0.3 is 0 Å². The third-order valence-electron chi connectivity index (χ3n) is 4.53. The van der Waals surface area contributed by atoms with Gasteiger partial charge in [-0.1, -0.05) is 12.1 Å². The molecule has 0 radical (unpaired) electrons. The summed E-state index contributed by atoms with van der Waals surface area (Å²) < 4.78 is 0. The Morgan fingerprint density at radius 2 is 1.84 bits per heavy atom. The standard InChI is InChI=1S/C17H28N2/c1-12-9-14(3)16(10-13(12)2)17(19(4)5)11-15-7-6-8-18-15/h9-10,15,17-18H,6-8,11H2,1-5H3. The first-order chi connectivity index (χ1) is 8.99. The minimum Gasteiger partial charge on any atom is -0.314 e. The molecule has 0 amide bonds. The van der Waals surface area contributed by atoms with Crippen LogP contribution >= 0.6 is 0 Å². The van der Waals surface area contributed by atoms with Crippen molar-refractivity contribution in [3.8, 4) is 0 Å². The molecule has 0 aliphatic carbocycles. The Morgan fingerprint density at radius 1 is 1.16 bits per heavy atom. The van der Waals surface area contributed by atoms with Crippen LogP contribution in [0.5, 0.6) is 0 Å². The second kappa shape index (κ2) is 6.06. The molecule has 19 heavy (non-hydrogen) atoms. The van der Waals surface area contributed by atoms with Crippen LogP contribution in [0.2, 0.25) is 0 Å². The first kappa shape index (κ1) is 14.5. The summed E-state index contributed by atoms with van der Waals surface area (Å²) in [5.41, 5.74) is 5.74. The Hall–Kier alpha value is -0.860. The first-order valence-electron chi connectivity index (χ1n) is 7.46. The molecule has 1 fully saturated rings. The predicted octanol–water partition coefficient (Wildman–Crippen LogP) is 3.36. The lowest BCUT2D eigenvalue weighted by Crippen LogP contribution is -2.30. The Kier molecular flexibility index (Phi) is 4.64. The van der Waals surface area contributed by atoms with Crippen molar-refractivity contribution in [2.24, 2.45) is 0 Å². The van der Waals surface area contributed by atoms with Gasteiger partial charge in [-0.3, -0.25) is 0 Å². The molecule has 0 aromatic heterocycles. The number of hydrogen-bond acceptors (Lipinski definition) is 2. The maximum atomic E-state index is 3.63. The SMILES string of the molecule is Cc1cc(C)c(C(CC2CCCN2)N(C)C)cc1C. The van der Waals surface area contributed by atoms with Crippen molar-refractivity contribution in [3.05, 3.63) is 34.4 Å². The van der Waals surface area contributed by atoms with Crippen LogP contribution < -0.4 is 5.32 Å². The van der Waals surface area contributed by atoms with E-state index in [9.17, 15) is 0 Å². The number of nitrogens with zero attached hydrogens (tertiary/aromatic N) is 1. The molecule has 0 bridgehead atoms. The molecule has 1 aliphatic rings. The van der Waals surface area contributed by atoms with Gasteiger partial charge in [0.15, 0.2) is 0 Å². The quantitative estimate of drug-likeness (QED) is 0.893. The third kappa shape index (κ3) is 3.37. The van der Waals surface area contributed by atoms with E-state index in [2.05, 4.69) is 57.2 Å². The molecule has 0 saturated carbocycles. The van der Waals surface area contributed by atoms with Crippen molar-refractivity contribution >= 4 is 0 Å². The van der Waals surface area contributed by atoms with Crippen molar-refractivity contribution < 1.29 is 0 Å². The van der Waals surface area contributed by atoms with Crippen molar-refractivity contribution in [1.82, 2.24) is 10.2 Å². The maximum Gasteiger partial charge on any atom is 0.0359 e. The highest BCUT2D eigenvalue weighted by Crippen LogP contribution is 2.30. The Balaban J connectivity index is 2.25. The van der Waals surface area contributed by atoms with Gasteiger partial charge in [0, 0.05) is 12.1 Å². The molecule has 1 aromatic carbocycles. The number of benzene rings is 1. The van der Waals surface area contributed by atoms with Gasteiger partial charge in [-0.15, -0.1) is 0 Å². The van der Waals surface area contributed by atoms with Crippen molar-refractivity contribution in [2.75, 3.05) is 20.6 Å². The van der Waals surface area contributed by atoms with E-state index in [-0.39, 0.29) is 0 Å². The van der Waals surface area contributed by atoms with Gasteiger partial charge < -0.3 is 10.2 Å². The molecular formula is C17H28N2. The lowest BCUT2D eigenvalue weighted by molar-refractivity contribution is 0.262. The fourth-order valence-corrected chi connectivity index (χ4v) is 3.19. The van der Waals surface area contributed by atoms with Gasteiger partial charge in [0.05, 0.1) is 0 Å². The number of hydrogen-bond donors (Lipinski definition) is 1. The van der Waals surface area contributed by atoms with Crippen LogP contribution in [0.3, 0.4) is 0 Å². The second-order valence-corrected chi connectivity index (χ2v) is 6.30. The van der Waals surface area contributed by atoms with E-state index in [0.29, 0.717) is 12.1 Å². The van der Waals surface area contributed by atoms with Gasteiger partial charge in [0.1, 0.15) is 0 Å². The summed E-state index contributed by atoms with van der Waals surface area (Å²) in [6, 6.07) is 5.94.